The maximum Gasteiger partial charge on any atom is 0.246 e. The molecule has 1 aromatic rings. The monoisotopic (exact) mass is 1000 g/mol. The maximum absolute atomic E-state index is 14.6. The van der Waals surface area contributed by atoms with E-state index in [-0.39, 0.29) is 56.2 Å². The van der Waals surface area contributed by atoms with Gasteiger partial charge in [-0.2, -0.15) is 0 Å². The highest BCUT2D eigenvalue weighted by Gasteiger charge is 2.42. The lowest BCUT2D eigenvalue weighted by Gasteiger charge is -2.38. The van der Waals surface area contributed by atoms with Crippen molar-refractivity contribution in [3.05, 3.63) is 35.4 Å². The molecule has 0 spiro atoms. The Kier molecular flexibility index (Phi) is 21.1. The summed E-state index contributed by atoms with van der Waals surface area (Å²) >= 11 is 0. The van der Waals surface area contributed by atoms with Crippen LogP contribution >= 0.6 is 21.6 Å². The SMILES string of the molecule is CC[C@H](C)[C@@H]1NC(=O)[C@@H]2Cc3ccccc3CN2C(=O)[C@@H](N)CSSC[C@@H](C(=O)N2CCC[C@H]2C(=O)N[C@@H](CC(C)C)C(=O)NCC(N)=O)NC(=O)[C@H](CC(N)=O)NC(=O)[C@H](CCC(N)=O)NC1=O. The largest absolute Gasteiger partial charge is 0.370 e. The van der Waals surface area contributed by atoms with Crippen LogP contribution in [0.3, 0.4) is 0 Å². The molecule has 2 saturated heterocycles. The van der Waals surface area contributed by atoms with Crippen LogP contribution in [0.4, 0.5) is 0 Å². The fourth-order valence-electron chi connectivity index (χ4n) is 8.18. The highest BCUT2D eigenvalue weighted by molar-refractivity contribution is 8.76. The average Bonchev–Trinajstić information content (AvgIpc) is 3.80. The predicted octanol–water partition coefficient (Wildman–Crippen LogP) is -3.09. The van der Waals surface area contributed by atoms with Gasteiger partial charge in [0, 0.05) is 37.4 Å². The predicted molar refractivity (Wildman–Crippen MR) is 255 cm³/mol. The molecule has 1 aromatic carbocycles. The number of benzene rings is 1. The van der Waals surface area contributed by atoms with E-state index in [0.29, 0.717) is 12.8 Å². The zero-order chi connectivity index (χ0) is 51.1. The van der Waals surface area contributed by atoms with Gasteiger partial charge < -0.3 is 64.6 Å². The number of carbonyl (C=O) groups is 11. The quantitative estimate of drug-likeness (QED) is 0.0780. The third-order valence-corrected chi connectivity index (χ3v) is 14.5. The second kappa shape index (κ2) is 26.1. The molecular weight excluding hydrogens is 937 g/mol. The topological polar surface area (TPSA) is 371 Å². The minimum absolute atomic E-state index is 0.0282. The first kappa shape index (κ1) is 55.6. The third kappa shape index (κ3) is 16.1. The average molecular weight is 1000 g/mol. The zero-order valence-corrected chi connectivity index (χ0v) is 40.9. The van der Waals surface area contributed by atoms with E-state index in [2.05, 4.69) is 31.9 Å². The number of nitrogens with one attached hydrogen (secondary N) is 6. The van der Waals surface area contributed by atoms with Crippen molar-refractivity contribution in [3.8, 4) is 0 Å². The molecule has 23 nitrogen and oxygen atoms in total. The van der Waals surface area contributed by atoms with Gasteiger partial charge in [0.25, 0.3) is 0 Å². The van der Waals surface area contributed by atoms with Gasteiger partial charge in [0.2, 0.25) is 65.0 Å². The van der Waals surface area contributed by atoms with E-state index >= 15 is 0 Å². The minimum Gasteiger partial charge on any atom is -0.370 e. The normalized spacial score (nSPS) is 25.1. The van der Waals surface area contributed by atoms with E-state index < -0.39 is 139 Å². The zero-order valence-electron chi connectivity index (χ0n) is 39.3. The molecule has 0 saturated carbocycles. The molecule has 69 heavy (non-hydrogen) atoms. The Hall–Kier alpha value is -5.95. The minimum atomic E-state index is -1.73. The Morgan fingerprint density at radius 3 is 2.10 bits per heavy atom. The number of primary amides is 3. The van der Waals surface area contributed by atoms with Crippen LogP contribution in [0, 0.1) is 11.8 Å². The Morgan fingerprint density at radius 2 is 1.46 bits per heavy atom. The summed E-state index contributed by atoms with van der Waals surface area (Å²) in [5, 5.41) is 15.5. The van der Waals surface area contributed by atoms with E-state index in [9.17, 15) is 52.7 Å². The van der Waals surface area contributed by atoms with Crippen LogP contribution in [0.25, 0.3) is 0 Å². The summed E-state index contributed by atoms with van der Waals surface area (Å²) in [4.78, 5) is 151. The summed E-state index contributed by atoms with van der Waals surface area (Å²) in [6, 6.07) is -3.16. The van der Waals surface area contributed by atoms with E-state index in [1.54, 1.807) is 26.0 Å². The molecular formula is C44H66N12O11S2. The van der Waals surface area contributed by atoms with Crippen molar-refractivity contribution in [2.45, 2.75) is 134 Å². The summed E-state index contributed by atoms with van der Waals surface area (Å²) in [5.74, 6) is -9.65. The number of amides is 11. The van der Waals surface area contributed by atoms with E-state index in [1.807, 2.05) is 26.0 Å². The van der Waals surface area contributed by atoms with Crippen LogP contribution in [0.15, 0.2) is 24.3 Å². The van der Waals surface area contributed by atoms with Crippen molar-refractivity contribution in [2.75, 3.05) is 24.6 Å². The van der Waals surface area contributed by atoms with Crippen molar-refractivity contribution in [2.24, 2.45) is 34.8 Å². The Morgan fingerprint density at radius 1 is 0.812 bits per heavy atom. The molecule has 11 amide bonds. The second-order valence-corrected chi connectivity index (χ2v) is 20.5. The molecule has 380 valence electrons. The molecule has 3 heterocycles. The third-order valence-electron chi connectivity index (χ3n) is 12.1. The number of hydrogen-bond acceptors (Lipinski definition) is 14. The molecule has 14 N–H and O–H groups in total. The van der Waals surface area contributed by atoms with Crippen LogP contribution in [0.1, 0.15) is 83.8 Å². The molecule has 2 fully saturated rings. The number of nitrogens with two attached hydrogens (primary N) is 4. The smallest absolute Gasteiger partial charge is 0.246 e. The van der Waals surface area contributed by atoms with Crippen LogP contribution in [-0.4, -0.2) is 148 Å². The molecule has 0 unspecified atom stereocenters. The van der Waals surface area contributed by atoms with Gasteiger partial charge >= 0.3 is 0 Å². The van der Waals surface area contributed by atoms with Crippen molar-refractivity contribution < 1.29 is 52.7 Å². The number of likely N-dealkylation sites (tertiary alicyclic amines) is 1. The summed E-state index contributed by atoms with van der Waals surface area (Å²) in [6.07, 6.45) is -0.330. The van der Waals surface area contributed by atoms with Crippen molar-refractivity contribution >= 4 is 86.6 Å². The maximum atomic E-state index is 14.6. The molecule has 0 aliphatic carbocycles. The van der Waals surface area contributed by atoms with Gasteiger partial charge in [0.15, 0.2) is 0 Å². The fraction of sp³-hybridized carbons (Fsp3) is 0.614. The highest BCUT2D eigenvalue weighted by Crippen LogP contribution is 2.29. The van der Waals surface area contributed by atoms with Crippen LogP contribution in [0.5, 0.6) is 0 Å². The Balaban J connectivity index is 1.72. The van der Waals surface area contributed by atoms with Crippen molar-refractivity contribution in [1.82, 2.24) is 41.7 Å². The standard InChI is InChI=1S/C44H66N12O11S2/c1-5-23(4)36-42(65)50-27(12-13-33(46)57)38(61)51-29(17-34(47)58)39(62)53-30(44(67)55-14-8-11-31(55)40(63)52-28(15-22(2)3)37(60)49-18-35(48)59)21-69-68-20-26(45)43(66)56-19-25-10-7-6-9-24(25)16-32(56)41(64)54-36/h6-7,9-10,22-23,26-32,36H,5,8,11-21,45H2,1-4H3,(H2,46,57)(H2,47,58)(H2,48,59)(H,49,60)(H,50,65)(H,51,61)(H,52,63)(H,53,62)(H,54,64)/t23-,26-,27-,28-,29-,30-,31-,32-,36-/m0/s1. The molecule has 3 aliphatic heterocycles. The first-order valence-corrected chi connectivity index (χ1v) is 25.4. The molecule has 3 aliphatic rings. The van der Waals surface area contributed by atoms with Gasteiger partial charge in [-0.1, -0.05) is 80.0 Å². The molecule has 0 radical (unpaired) electrons. The van der Waals surface area contributed by atoms with Gasteiger partial charge in [-0.15, -0.1) is 0 Å². The summed E-state index contributed by atoms with van der Waals surface area (Å²) < 4.78 is 0. The molecule has 4 rings (SSSR count). The number of carbonyl (C=O) groups excluding carboxylic acids is 11. The van der Waals surface area contributed by atoms with E-state index in [0.717, 1.165) is 32.7 Å². The Labute approximate surface area is 408 Å². The highest BCUT2D eigenvalue weighted by atomic mass is 33.1. The first-order chi connectivity index (χ1) is 32.6. The van der Waals surface area contributed by atoms with Gasteiger partial charge in [-0.25, -0.2) is 0 Å². The number of nitrogens with zero attached hydrogens (tertiary/aromatic N) is 2. The molecule has 0 aromatic heterocycles. The van der Waals surface area contributed by atoms with Gasteiger partial charge in [0.05, 0.1) is 19.0 Å². The van der Waals surface area contributed by atoms with Gasteiger partial charge in [0.1, 0.15) is 42.3 Å². The van der Waals surface area contributed by atoms with Crippen molar-refractivity contribution in [3.63, 3.8) is 0 Å². The Bertz CT molecular complexity index is 2110. The fourth-order valence-corrected chi connectivity index (χ4v) is 10.4. The second-order valence-electron chi connectivity index (χ2n) is 17.9. The first-order valence-electron chi connectivity index (χ1n) is 22.9. The van der Waals surface area contributed by atoms with E-state index in [4.69, 9.17) is 22.9 Å². The summed E-state index contributed by atoms with van der Waals surface area (Å²) in [7, 11) is 2.15. The molecule has 9 atom stereocenters. The number of rotatable bonds is 15. The molecule has 0 bridgehead atoms. The van der Waals surface area contributed by atoms with Gasteiger partial charge in [-0.05, 0) is 48.6 Å². The summed E-state index contributed by atoms with van der Waals surface area (Å²) in [6.45, 7) is 6.77. The lowest BCUT2D eigenvalue weighted by Crippen LogP contribution is -2.62. The van der Waals surface area contributed by atoms with Crippen molar-refractivity contribution in [1.29, 1.82) is 0 Å². The lowest BCUT2D eigenvalue weighted by molar-refractivity contribution is -0.143. The number of fused-ring (bicyclic) bond motifs is 2. The lowest BCUT2D eigenvalue weighted by atomic mass is 9.91. The number of hydrogen-bond donors (Lipinski definition) is 10. The van der Waals surface area contributed by atoms with Crippen LogP contribution < -0.4 is 54.8 Å². The van der Waals surface area contributed by atoms with Crippen LogP contribution in [0.2, 0.25) is 0 Å². The molecule has 25 heteroatoms. The van der Waals surface area contributed by atoms with E-state index in [1.165, 1.54) is 9.80 Å². The van der Waals surface area contributed by atoms with Crippen LogP contribution in [-0.2, 0) is 65.7 Å². The summed E-state index contributed by atoms with van der Waals surface area (Å²) in [5.41, 5.74) is 24.3. The van der Waals surface area contributed by atoms with Gasteiger partial charge in [-0.3, -0.25) is 52.7 Å².